The lowest BCUT2D eigenvalue weighted by molar-refractivity contribution is 0.895. The predicted molar refractivity (Wildman–Crippen MR) is 83.3 cm³/mol. The van der Waals surface area contributed by atoms with Gasteiger partial charge in [-0.2, -0.15) is 5.10 Å². The summed E-state index contributed by atoms with van der Waals surface area (Å²) >= 11 is 1.86. The number of nitrogens with zero attached hydrogens (tertiary/aromatic N) is 2. The van der Waals surface area contributed by atoms with Crippen LogP contribution in [0.5, 0.6) is 0 Å². The van der Waals surface area contributed by atoms with Gasteiger partial charge in [-0.15, -0.1) is 11.3 Å². The van der Waals surface area contributed by atoms with Crippen LogP contribution in [0.2, 0.25) is 0 Å². The monoisotopic (exact) mass is 281 g/mol. The molecule has 0 spiro atoms. The van der Waals surface area contributed by atoms with Crippen LogP contribution in [0.4, 0.5) is 5.82 Å². The summed E-state index contributed by atoms with van der Waals surface area (Å²) in [6.07, 6.45) is 3.72. The fourth-order valence-corrected chi connectivity index (χ4v) is 3.96. The Kier molecular flexibility index (Phi) is 2.63. The third-order valence-corrected chi connectivity index (χ3v) is 5.00. The molecule has 0 saturated heterocycles. The van der Waals surface area contributed by atoms with E-state index in [2.05, 4.69) is 11.2 Å². The summed E-state index contributed by atoms with van der Waals surface area (Å²) in [6, 6.07) is 14.3. The molecule has 0 unspecified atom stereocenters. The van der Waals surface area contributed by atoms with E-state index in [1.54, 1.807) is 4.68 Å². The number of para-hydroxylation sites is 1. The Labute approximate surface area is 121 Å². The second kappa shape index (κ2) is 4.49. The van der Waals surface area contributed by atoms with Gasteiger partial charge >= 0.3 is 0 Å². The SMILES string of the molecule is Nc1cc(-c2cc3c(s2)CCC3)nn1-c1ccccc1. The number of nitrogen functional groups attached to an aromatic ring is 1. The Hall–Kier alpha value is -2.07. The van der Waals surface area contributed by atoms with Crippen LogP contribution in [0.25, 0.3) is 16.3 Å². The van der Waals surface area contributed by atoms with Gasteiger partial charge in [0.15, 0.2) is 0 Å². The zero-order chi connectivity index (χ0) is 13.5. The van der Waals surface area contributed by atoms with E-state index in [9.17, 15) is 0 Å². The van der Waals surface area contributed by atoms with Gasteiger partial charge in [-0.05, 0) is 43.0 Å². The molecule has 3 nitrogen and oxygen atoms in total. The number of anilines is 1. The summed E-state index contributed by atoms with van der Waals surface area (Å²) in [4.78, 5) is 2.75. The smallest absolute Gasteiger partial charge is 0.127 e. The molecule has 2 aromatic heterocycles. The van der Waals surface area contributed by atoms with Crippen molar-refractivity contribution < 1.29 is 0 Å². The number of hydrogen-bond acceptors (Lipinski definition) is 3. The van der Waals surface area contributed by atoms with E-state index in [4.69, 9.17) is 5.73 Å². The number of nitrogens with two attached hydrogens (primary N) is 1. The quantitative estimate of drug-likeness (QED) is 0.779. The van der Waals surface area contributed by atoms with Crippen LogP contribution < -0.4 is 5.73 Å². The van der Waals surface area contributed by atoms with Crippen LogP contribution >= 0.6 is 11.3 Å². The lowest BCUT2D eigenvalue weighted by Crippen LogP contribution is -2.00. The molecule has 1 aliphatic rings. The number of benzene rings is 1. The van der Waals surface area contributed by atoms with Gasteiger partial charge in [0.25, 0.3) is 0 Å². The third-order valence-electron chi connectivity index (χ3n) is 3.74. The first-order valence-electron chi connectivity index (χ1n) is 6.84. The normalized spacial score (nSPS) is 13.6. The Balaban J connectivity index is 1.77. The lowest BCUT2D eigenvalue weighted by atomic mass is 10.2. The summed E-state index contributed by atoms with van der Waals surface area (Å²) in [7, 11) is 0. The van der Waals surface area contributed by atoms with Gasteiger partial charge in [-0.1, -0.05) is 18.2 Å². The summed E-state index contributed by atoms with van der Waals surface area (Å²) in [5.41, 5.74) is 9.58. The summed E-state index contributed by atoms with van der Waals surface area (Å²) < 4.78 is 1.81. The fraction of sp³-hybridized carbons (Fsp3) is 0.188. The number of rotatable bonds is 2. The highest BCUT2D eigenvalue weighted by Gasteiger charge is 2.17. The van der Waals surface area contributed by atoms with E-state index in [1.807, 2.05) is 47.7 Å². The van der Waals surface area contributed by atoms with Crippen molar-refractivity contribution >= 4 is 17.2 Å². The maximum absolute atomic E-state index is 6.11. The molecule has 0 aliphatic heterocycles. The molecule has 100 valence electrons. The average molecular weight is 281 g/mol. The number of aryl methyl sites for hydroxylation is 2. The molecule has 1 aliphatic carbocycles. The summed E-state index contributed by atoms with van der Waals surface area (Å²) in [5.74, 6) is 0.680. The molecule has 3 aromatic rings. The highest BCUT2D eigenvalue weighted by Crippen LogP contribution is 2.36. The van der Waals surface area contributed by atoms with Crippen molar-refractivity contribution in [1.29, 1.82) is 0 Å². The Bertz CT molecular complexity index is 734. The second-order valence-corrected chi connectivity index (χ2v) is 6.25. The van der Waals surface area contributed by atoms with E-state index in [0.717, 1.165) is 11.4 Å². The van der Waals surface area contributed by atoms with Gasteiger partial charge in [0.1, 0.15) is 11.5 Å². The van der Waals surface area contributed by atoms with Crippen molar-refractivity contribution in [2.24, 2.45) is 0 Å². The molecular weight excluding hydrogens is 266 g/mol. The molecule has 20 heavy (non-hydrogen) atoms. The largest absolute Gasteiger partial charge is 0.384 e. The second-order valence-electron chi connectivity index (χ2n) is 5.11. The van der Waals surface area contributed by atoms with Crippen molar-refractivity contribution in [3.8, 4) is 16.3 Å². The highest BCUT2D eigenvalue weighted by atomic mass is 32.1. The van der Waals surface area contributed by atoms with E-state index in [1.165, 1.54) is 34.6 Å². The standard InChI is InChI=1S/C16H15N3S/c17-16-10-13(15-9-11-5-4-8-14(11)20-15)18-19(16)12-6-2-1-3-7-12/h1-3,6-7,9-10H,4-5,8,17H2. The number of aromatic nitrogens is 2. The van der Waals surface area contributed by atoms with E-state index in [0.29, 0.717) is 5.82 Å². The van der Waals surface area contributed by atoms with Crippen LogP contribution in [0.15, 0.2) is 42.5 Å². The molecule has 0 atom stereocenters. The third kappa shape index (κ3) is 1.84. The first-order valence-corrected chi connectivity index (χ1v) is 7.66. The summed E-state index contributed by atoms with van der Waals surface area (Å²) in [5, 5.41) is 4.67. The fourth-order valence-electron chi connectivity index (χ4n) is 2.75. The molecule has 0 fully saturated rings. The minimum absolute atomic E-state index is 0.680. The van der Waals surface area contributed by atoms with Gasteiger partial charge in [-0.3, -0.25) is 0 Å². The molecular formula is C16H15N3S. The molecule has 0 saturated carbocycles. The minimum atomic E-state index is 0.680. The first-order chi connectivity index (χ1) is 9.81. The molecule has 4 heteroatoms. The Morgan fingerprint density at radius 3 is 2.75 bits per heavy atom. The molecule has 1 aromatic carbocycles. The highest BCUT2D eigenvalue weighted by molar-refractivity contribution is 7.15. The number of fused-ring (bicyclic) bond motifs is 1. The van der Waals surface area contributed by atoms with E-state index >= 15 is 0 Å². The lowest BCUT2D eigenvalue weighted by Gasteiger charge is -2.02. The van der Waals surface area contributed by atoms with Gasteiger partial charge < -0.3 is 5.73 Å². The molecule has 0 bridgehead atoms. The van der Waals surface area contributed by atoms with E-state index < -0.39 is 0 Å². The van der Waals surface area contributed by atoms with Gasteiger partial charge in [0.2, 0.25) is 0 Å². The van der Waals surface area contributed by atoms with Crippen molar-refractivity contribution in [3.63, 3.8) is 0 Å². The van der Waals surface area contributed by atoms with Gasteiger partial charge in [0, 0.05) is 10.9 Å². The van der Waals surface area contributed by atoms with Crippen LogP contribution in [-0.2, 0) is 12.8 Å². The Morgan fingerprint density at radius 2 is 1.95 bits per heavy atom. The molecule has 4 rings (SSSR count). The van der Waals surface area contributed by atoms with Crippen molar-refractivity contribution in [3.05, 3.63) is 52.9 Å². The number of hydrogen-bond donors (Lipinski definition) is 1. The number of thiophene rings is 1. The van der Waals surface area contributed by atoms with Crippen LogP contribution in [0.1, 0.15) is 16.9 Å². The van der Waals surface area contributed by atoms with Gasteiger partial charge in [0.05, 0.1) is 10.6 Å². The maximum Gasteiger partial charge on any atom is 0.127 e. The zero-order valence-electron chi connectivity index (χ0n) is 11.0. The minimum Gasteiger partial charge on any atom is -0.384 e. The average Bonchev–Trinajstić information content (AvgIpc) is 3.12. The predicted octanol–water partition coefficient (Wildman–Crippen LogP) is 3.67. The topological polar surface area (TPSA) is 43.8 Å². The van der Waals surface area contributed by atoms with Crippen molar-refractivity contribution in [1.82, 2.24) is 9.78 Å². The van der Waals surface area contributed by atoms with Gasteiger partial charge in [-0.25, -0.2) is 4.68 Å². The summed E-state index contributed by atoms with van der Waals surface area (Å²) in [6.45, 7) is 0. The molecule has 0 amide bonds. The maximum atomic E-state index is 6.11. The first kappa shape index (κ1) is 11.7. The van der Waals surface area contributed by atoms with Crippen molar-refractivity contribution in [2.75, 3.05) is 5.73 Å². The van der Waals surface area contributed by atoms with E-state index in [-0.39, 0.29) is 0 Å². The Morgan fingerprint density at radius 1 is 1.10 bits per heavy atom. The van der Waals surface area contributed by atoms with Crippen LogP contribution in [-0.4, -0.2) is 9.78 Å². The molecule has 2 heterocycles. The van der Waals surface area contributed by atoms with Crippen LogP contribution in [0.3, 0.4) is 0 Å². The van der Waals surface area contributed by atoms with Crippen molar-refractivity contribution in [2.45, 2.75) is 19.3 Å². The zero-order valence-corrected chi connectivity index (χ0v) is 11.9. The molecule has 2 N–H and O–H groups in total. The molecule has 0 radical (unpaired) electrons. The van der Waals surface area contributed by atoms with Crippen LogP contribution in [0, 0.1) is 0 Å².